The molecule has 3 atom stereocenters. The van der Waals surface area contributed by atoms with Gasteiger partial charge in [-0.2, -0.15) is 0 Å². The van der Waals surface area contributed by atoms with E-state index in [4.69, 9.17) is 14.7 Å². The maximum atomic E-state index is 6.46. The lowest BCUT2D eigenvalue weighted by atomic mass is 9.69. The standard InChI is InChI=1S/C40H46N4O/c1-24-19-31-20-29(30-10-12-34-37(22-30)43-27(4)42-34)11-13-38(31)45-18-15-28(24)21-36-33-23-40(5,6)16-14-32(33)25(2)26(3)39(44-36)35-9-7-8-17-41-35/h7-13,17,20,22,24-25,28H,14-16,18-19,21,23H2,1-6H3,(H,42,43). The molecular formula is C40H46N4O. The van der Waals surface area contributed by atoms with Crippen molar-refractivity contribution in [3.8, 4) is 16.9 Å². The molecule has 0 radical (unpaired) electrons. The fraction of sp³-hybridized carbons (Fsp3) is 0.425. The van der Waals surface area contributed by atoms with Crippen LogP contribution in [0.2, 0.25) is 0 Å². The molecule has 0 fully saturated rings. The van der Waals surface area contributed by atoms with E-state index in [9.17, 15) is 0 Å². The van der Waals surface area contributed by atoms with Gasteiger partial charge in [-0.1, -0.05) is 51.5 Å². The molecule has 2 aromatic carbocycles. The van der Waals surface area contributed by atoms with Crippen LogP contribution < -0.4 is 4.74 Å². The second kappa shape index (κ2) is 11.7. The van der Waals surface area contributed by atoms with E-state index in [1.807, 2.05) is 19.2 Å². The van der Waals surface area contributed by atoms with E-state index in [0.29, 0.717) is 17.8 Å². The second-order valence-corrected chi connectivity index (χ2v) is 14.5. The molecule has 5 heteroatoms. The normalized spacial score (nSPS) is 23.4. The molecular weight excluding hydrogens is 552 g/mol. The predicted molar refractivity (Wildman–Crippen MR) is 185 cm³/mol. The minimum atomic E-state index is 0.283. The lowest BCUT2D eigenvalue weighted by Gasteiger charge is -2.36. The quantitative estimate of drug-likeness (QED) is 0.254. The Balaban J connectivity index is 1.21. The van der Waals surface area contributed by atoms with Crippen molar-refractivity contribution in [2.45, 2.75) is 80.1 Å². The zero-order valence-corrected chi connectivity index (χ0v) is 27.7. The predicted octanol–water partition coefficient (Wildman–Crippen LogP) is 9.93. The van der Waals surface area contributed by atoms with E-state index in [0.717, 1.165) is 72.7 Å². The summed E-state index contributed by atoms with van der Waals surface area (Å²) in [5.74, 6) is 3.31. The van der Waals surface area contributed by atoms with Crippen LogP contribution in [-0.2, 0) is 6.42 Å². The number of aromatic nitrogens is 3. The van der Waals surface area contributed by atoms with Gasteiger partial charge in [0.2, 0.25) is 0 Å². The van der Waals surface area contributed by atoms with Crippen molar-refractivity contribution in [3.63, 3.8) is 0 Å². The molecule has 0 saturated heterocycles. The second-order valence-electron chi connectivity index (χ2n) is 14.5. The van der Waals surface area contributed by atoms with Gasteiger partial charge >= 0.3 is 0 Å². The third-order valence-electron chi connectivity index (χ3n) is 10.7. The minimum absolute atomic E-state index is 0.283. The highest BCUT2D eigenvalue weighted by atomic mass is 16.5. The first kappa shape index (κ1) is 29.7. The monoisotopic (exact) mass is 598 g/mol. The van der Waals surface area contributed by atoms with Crippen LogP contribution in [0, 0.1) is 30.1 Å². The number of nitrogens with one attached hydrogen (secondary N) is 1. The molecule has 1 N–H and O–H groups in total. The molecule has 2 aliphatic heterocycles. The van der Waals surface area contributed by atoms with Crippen LogP contribution in [0.15, 0.2) is 82.5 Å². The molecule has 5 nitrogen and oxygen atoms in total. The molecule has 0 bridgehead atoms. The number of allylic oxidation sites excluding steroid dienone is 3. The number of hydrogen-bond donors (Lipinski definition) is 1. The number of aliphatic imine (C=N–C) groups is 1. The van der Waals surface area contributed by atoms with Crippen LogP contribution in [0.5, 0.6) is 5.75 Å². The fourth-order valence-electron chi connectivity index (χ4n) is 7.80. The lowest BCUT2D eigenvalue weighted by Crippen LogP contribution is -2.28. The Morgan fingerprint density at radius 2 is 1.82 bits per heavy atom. The Bertz CT molecular complexity index is 1840. The highest BCUT2D eigenvalue weighted by Crippen LogP contribution is 2.47. The van der Waals surface area contributed by atoms with Crippen LogP contribution in [0.1, 0.15) is 83.8 Å². The number of fused-ring (bicyclic) bond motifs is 2. The van der Waals surface area contributed by atoms with E-state index in [-0.39, 0.29) is 5.41 Å². The number of imidazole rings is 1. The van der Waals surface area contributed by atoms with Gasteiger partial charge < -0.3 is 9.72 Å². The summed E-state index contributed by atoms with van der Waals surface area (Å²) in [6, 6.07) is 19.4. The van der Waals surface area contributed by atoms with Gasteiger partial charge in [0.15, 0.2) is 0 Å². The molecule has 2 aromatic heterocycles. The van der Waals surface area contributed by atoms with Crippen LogP contribution in [0.25, 0.3) is 27.9 Å². The molecule has 4 heterocycles. The molecule has 3 unspecified atom stereocenters. The number of nitrogens with zero attached hydrogens (tertiary/aromatic N) is 3. The number of benzene rings is 2. The molecule has 7 rings (SSSR count). The first-order chi connectivity index (χ1) is 21.6. The summed E-state index contributed by atoms with van der Waals surface area (Å²) in [5, 5.41) is 0. The van der Waals surface area contributed by atoms with Crippen molar-refractivity contribution in [2.24, 2.45) is 28.2 Å². The lowest BCUT2D eigenvalue weighted by molar-refractivity contribution is 0.226. The van der Waals surface area contributed by atoms with E-state index in [2.05, 4.69) is 93.1 Å². The first-order valence-corrected chi connectivity index (χ1v) is 16.8. The van der Waals surface area contributed by atoms with Crippen molar-refractivity contribution in [3.05, 3.63) is 94.6 Å². The minimum Gasteiger partial charge on any atom is -0.493 e. The number of aryl methyl sites for hydroxylation is 1. The third-order valence-corrected chi connectivity index (χ3v) is 10.7. The first-order valence-electron chi connectivity index (χ1n) is 16.8. The van der Waals surface area contributed by atoms with Crippen molar-refractivity contribution < 1.29 is 4.74 Å². The van der Waals surface area contributed by atoms with Crippen LogP contribution in [0.4, 0.5) is 0 Å². The van der Waals surface area contributed by atoms with Crippen molar-refractivity contribution >= 4 is 22.4 Å². The van der Waals surface area contributed by atoms with Gasteiger partial charge in [0.25, 0.3) is 0 Å². The van der Waals surface area contributed by atoms with Crippen molar-refractivity contribution in [1.82, 2.24) is 15.0 Å². The molecule has 0 saturated carbocycles. The van der Waals surface area contributed by atoms with Gasteiger partial charge in [-0.3, -0.25) is 9.98 Å². The largest absolute Gasteiger partial charge is 0.493 e. The Labute approximate surface area is 268 Å². The zero-order chi connectivity index (χ0) is 31.3. The van der Waals surface area contributed by atoms with Gasteiger partial charge in [-0.15, -0.1) is 0 Å². The van der Waals surface area contributed by atoms with Gasteiger partial charge in [-0.25, -0.2) is 4.98 Å². The third kappa shape index (κ3) is 5.90. The molecule has 0 amide bonds. The highest BCUT2D eigenvalue weighted by molar-refractivity contribution is 6.05. The average Bonchev–Trinajstić information content (AvgIpc) is 3.36. The van der Waals surface area contributed by atoms with Gasteiger partial charge in [0.05, 0.1) is 29.0 Å². The number of H-pyrrole nitrogens is 1. The number of hydrogen-bond acceptors (Lipinski definition) is 4. The van der Waals surface area contributed by atoms with Gasteiger partial charge in [-0.05, 0) is 134 Å². The smallest absolute Gasteiger partial charge is 0.122 e. The maximum absolute atomic E-state index is 6.46. The number of pyridine rings is 1. The topological polar surface area (TPSA) is 63.2 Å². The zero-order valence-electron chi connectivity index (χ0n) is 27.7. The summed E-state index contributed by atoms with van der Waals surface area (Å²) in [6.07, 6.45) is 8.36. The summed E-state index contributed by atoms with van der Waals surface area (Å²) >= 11 is 0. The number of aromatic amines is 1. The number of rotatable bonds is 4. The summed E-state index contributed by atoms with van der Waals surface area (Å²) in [5.41, 5.74) is 13.9. The van der Waals surface area contributed by atoms with Crippen LogP contribution in [-0.4, -0.2) is 27.3 Å². The Morgan fingerprint density at radius 1 is 1.00 bits per heavy atom. The van der Waals surface area contributed by atoms with E-state index < -0.39 is 0 Å². The summed E-state index contributed by atoms with van der Waals surface area (Å²) in [6.45, 7) is 14.7. The fourth-order valence-corrected chi connectivity index (χ4v) is 7.80. The molecule has 3 aliphatic rings. The molecule has 45 heavy (non-hydrogen) atoms. The van der Waals surface area contributed by atoms with E-state index in [1.54, 1.807) is 5.57 Å². The van der Waals surface area contributed by atoms with Gasteiger partial charge in [0, 0.05) is 17.8 Å². The molecule has 0 spiro atoms. The average molecular weight is 599 g/mol. The SMILES string of the molecule is CC1=C(c2ccccn2)N=C(CC2CCOc3ccc(-c4ccc5nc(C)[nH]c5c4)cc3CC2C)C2=C(CCC(C)(C)C2)C1C. The maximum Gasteiger partial charge on any atom is 0.122 e. The summed E-state index contributed by atoms with van der Waals surface area (Å²) in [7, 11) is 0. The van der Waals surface area contributed by atoms with Crippen LogP contribution in [0.3, 0.4) is 0 Å². The Hall–Kier alpha value is -3.99. The summed E-state index contributed by atoms with van der Waals surface area (Å²) < 4.78 is 6.46. The highest BCUT2D eigenvalue weighted by Gasteiger charge is 2.35. The van der Waals surface area contributed by atoms with E-state index in [1.165, 1.54) is 40.0 Å². The summed E-state index contributed by atoms with van der Waals surface area (Å²) in [4.78, 5) is 18.3. The van der Waals surface area contributed by atoms with Crippen LogP contribution >= 0.6 is 0 Å². The molecule has 4 aromatic rings. The Kier molecular flexibility index (Phi) is 7.75. The van der Waals surface area contributed by atoms with Crippen molar-refractivity contribution in [2.75, 3.05) is 6.61 Å². The Morgan fingerprint density at radius 3 is 2.64 bits per heavy atom. The molecule has 1 aliphatic carbocycles. The van der Waals surface area contributed by atoms with Gasteiger partial charge in [0.1, 0.15) is 11.6 Å². The van der Waals surface area contributed by atoms with Crippen molar-refractivity contribution in [1.29, 1.82) is 0 Å². The molecule has 232 valence electrons. The van der Waals surface area contributed by atoms with E-state index >= 15 is 0 Å². The number of ether oxygens (including phenoxy) is 1.